The van der Waals surface area contributed by atoms with Crippen LogP contribution in [0.5, 0.6) is 0 Å². The van der Waals surface area contributed by atoms with Crippen LogP contribution in [0.1, 0.15) is 25.8 Å². The molecule has 2 unspecified atom stereocenters. The lowest BCUT2D eigenvalue weighted by Gasteiger charge is -2.33. The van der Waals surface area contributed by atoms with Crippen LogP contribution in [0.4, 0.5) is 0 Å². The summed E-state index contributed by atoms with van der Waals surface area (Å²) in [5, 5.41) is 10.7. The van der Waals surface area contributed by atoms with Crippen LogP contribution in [-0.4, -0.2) is 36.7 Å². The van der Waals surface area contributed by atoms with E-state index >= 15 is 0 Å². The van der Waals surface area contributed by atoms with Gasteiger partial charge in [-0.3, -0.25) is 0 Å². The molecule has 18 heavy (non-hydrogen) atoms. The summed E-state index contributed by atoms with van der Waals surface area (Å²) in [4.78, 5) is 2.16. The zero-order chi connectivity index (χ0) is 13.6. The van der Waals surface area contributed by atoms with Gasteiger partial charge in [-0.05, 0) is 18.5 Å². The monoisotopic (exact) mass is 250 g/mol. The van der Waals surface area contributed by atoms with Crippen molar-refractivity contribution < 1.29 is 5.11 Å². The van der Waals surface area contributed by atoms with Gasteiger partial charge in [0, 0.05) is 19.6 Å². The van der Waals surface area contributed by atoms with Crippen molar-refractivity contribution in [3.63, 3.8) is 0 Å². The van der Waals surface area contributed by atoms with Crippen molar-refractivity contribution in [1.29, 1.82) is 0 Å². The Kier molecular flexibility index (Phi) is 5.79. The van der Waals surface area contributed by atoms with Gasteiger partial charge in [-0.15, -0.1) is 0 Å². The molecule has 0 fully saturated rings. The number of hydrogen-bond acceptors (Lipinski definition) is 3. The van der Waals surface area contributed by atoms with E-state index in [0.717, 1.165) is 18.5 Å². The molecule has 3 nitrogen and oxygen atoms in total. The largest absolute Gasteiger partial charge is 0.382 e. The van der Waals surface area contributed by atoms with E-state index in [1.165, 1.54) is 0 Å². The minimum Gasteiger partial charge on any atom is -0.382 e. The van der Waals surface area contributed by atoms with Crippen LogP contribution in [0.3, 0.4) is 0 Å². The standard InChI is InChI=1S/C15H26N2O/c1-4-13(2)10-17(3)12-15(18,11-16)14-8-6-5-7-9-14/h5-9,13,18H,4,10-12,16H2,1-3H3. The second-order valence-electron chi connectivity index (χ2n) is 5.31. The first-order valence-corrected chi connectivity index (χ1v) is 6.68. The molecule has 0 saturated heterocycles. The second kappa shape index (κ2) is 6.88. The molecule has 0 heterocycles. The lowest BCUT2D eigenvalue weighted by molar-refractivity contribution is 0.0108. The molecule has 0 aliphatic carbocycles. The van der Waals surface area contributed by atoms with Crippen molar-refractivity contribution in [2.75, 3.05) is 26.7 Å². The van der Waals surface area contributed by atoms with Crippen LogP contribution in [0.2, 0.25) is 0 Å². The van der Waals surface area contributed by atoms with E-state index < -0.39 is 5.60 Å². The Morgan fingerprint density at radius 2 is 1.94 bits per heavy atom. The zero-order valence-electron chi connectivity index (χ0n) is 11.8. The van der Waals surface area contributed by atoms with Crippen molar-refractivity contribution in [2.45, 2.75) is 25.9 Å². The number of likely N-dealkylation sites (N-methyl/N-ethyl adjacent to an activating group) is 1. The molecule has 2 atom stereocenters. The number of rotatable bonds is 7. The molecule has 0 aliphatic rings. The van der Waals surface area contributed by atoms with Crippen molar-refractivity contribution in [2.24, 2.45) is 11.7 Å². The second-order valence-corrected chi connectivity index (χ2v) is 5.31. The van der Waals surface area contributed by atoms with Crippen LogP contribution in [0.15, 0.2) is 30.3 Å². The van der Waals surface area contributed by atoms with Gasteiger partial charge in [0.1, 0.15) is 5.60 Å². The highest BCUT2D eigenvalue weighted by atomic mass is 16.3. The minimum atomic E-state index is -0.955. The molecule has 3 heteroatoms. The molecule has 0 amide bonds. The molecule has 1 aromatic carbocycles. The Morgan fingerprint density at radius 3 is 2.44 bits per heavy atom. The lowest BCUT2D eigenvalue weighted by Crippen LogP contribution is -2.45. The molecular weight excluding hydrogens is 224 g/mol. The average Bonchev–Trinajstić information content (AvgIpc) is 2.39. The molecule has 0 spiro atoms. The Labute approximate surface area is 111 Å². The molecule has 102 valence electrons. The van der Waals surface area contributed by atoms with Crippen molar-refractivity contribution in [1.82, 2.24) is 4.90 Å². The summed E-state index contributed by atoms with van der Waals surface area (Å²) in [7, 11) is 2.04. The highest BCUT2D eigenvalue weighted by molar-refractivity contribution is 5.23. The Bertz CT molecular complexity index is 342. The average molecular weight is 250 g/mol. The summed E-state index contributed by atoms with van der Waals surface area (Å²) in [5.41, 5.74) is 5.71. The lowest BCUT2D eigenvalue weighted by atomic mass is 9.93. The fourth-order valence-corrected chi connectivity index (χ4v) is 2.19. The summed E-state index contributed by atoms with van der Waals surface area (Å²) in [6.45, 7) is 6.19. The van der Waals surface area contributed by atoms with Crippen molar-refractivity contribution in [3.8, 4) is 0 Å². The van der Waals surface area contributed by atoms with E-state index in [4.69, 9.17) is 5.73 Å². The quantitative estimate of drug-likeness (QED) is 0.776. The molecule has 0 bridgehead atoms. The summed E-state index contributed by atoms with van der Waals surface area (Å²) < 4.78 is 0. The molecule has 0 radical (unpaired) electrons. The number of hydrogen-bond donors (Lipinski definition) is 2. The fraction of sp³-hybridized carbons (Fsp3) is 0.600. The van der Waals surface area contributed by atoms with E-state index in [1.807, 2.05) is 37.4 Å². The van der Waals surface area contributed by atoms with E-state index in [0.29, 0.717) is 12.5 Å². The van der Waals surface area contributed by atoms with Gasteiger partial charge >= 0.3 is 0 Å². The topological polar surface area (TPSA) is 49.5 Å². The van der Waals surface area contributed by atoms with Gasteiger partial charge in [0.2, 0.25) is 0 Å². The smallest absolute Gasteiger partial charge is 0.114 e. The summed E-state index contributed by atoms with van der Waals surface area (Å²) in [6, 6.07) is 9.69. The van der Waals surface area contributed by atoms with E-state index in [9.17, 15) is 5.11 Å². The summed E-state index contributed by atoms with van der Waals surface area (Å²) in [5.74, 6) is 0.632. The van der Waals surface area contributed by atoms with Crippen LogP contribution in [-0.2, 0) is 5.60 Å². The minimum absolute atomic E-state index is 0.238. The predicted octanol–water partition coefficient (Wildman–Crippen LogP) is 1.81. The molecule has 0 saturated carbocycles. The number of benzene rings is 1. The number of nitrogens with two attached hydrogens (primary N) is 1. The molecule has 1 rings (SSSR count). The molecular formula is C15H26N2O. The highest BCUT2D eigenvalue weighted by Crippen LogP contribution is 2.21. The highest BCUT2D eigenvalue weighted by Gasteiger charge is 2.29. The first-order chi connectivity index (χ1) is 8.51. The Hall–Kier alpha value is -0.900. The molecule has 0 aliphatic heterocycles. The third-order valence-electron chi connectivity index (χ3n) is 3.50. The number of nitrogens with zero attached hydrogens (tertiary/aromatic N) is 1. The van der Waals surface area contributed by atoms with E-state index in [-0.39, 0.29) is 6.54 Å². The maximum atomic E-state index is 10.7. The molecule has 0 aromatic heterocycles. The van der Waals surface area contributed by atoms with Gasteiger partial charge < -0.3 is 15.7 Å². The summed E-state index contributed by atoms with van der Waals surface area (Å²) >= 11 is 0. The van der Waals surface area contributed by atoms with Gasteiger partial charge in [-0.1, -0.05) is 50.6 Å². The van der Waals surface area contributed by atoms with Gasteiger partial charge in [0.15, 0.2) is 0 Å². The normalized spacial score (nSPS) is 16.6. The molecule has 1 aromatic rings. The van der Waals surface area contributed by atoms with E-state index in [1.54, 1.807) is 0 Å². The van der Waals surface area contributed by atoms with Gasteiger partial charge in [0.25, 0.3) is 0 Å². The van der Waals surface area contributed by atoms with Gasteiger partial charge in [0.05, 0.1) is 0 Å². The van der Waals surface area contributed by atoms with Gasteiger partial charge in [-0.2, -0.15) is 0 Å². The van der Waals surface area contributed by atoms with Crippen LogP contribution in [0, 0.1) is 5.92 Å². The molecule has 3 N–H and O–H groups in total. The summed E-state index contributed by atoms with van der Waals surface area (Å²) in [6.07, 6.45) is 1.15. The first-order valence-electron chi connectivity index (χ1n) is 6.68. The van der Waals surface area contributed by atoms with Crippen molar-refractivity contribution >= 4 is 0 Å². The predicted molar refractivity (Wildman–Crippen MR) is 76.3 cm³/mol. The third-order valence-corrected chi connectivity index (χ3v) is 3.50. The van der Waals surface area contributed by atoms with Crippen LogP contribution in [0.25, 0.3) is 0 Å². The van der Waals surface area contributed by atoms with Crippen LogP contribution < -0.4 is 5.73 Å². The van der Waals surface area contributed by atoms with Crippen molar-refractivity contribution in [3.05, 3.63) is 35.9 Å². The fourth-order valence-electron chi connectivity index (χ4n) is 2.19. The zero-order valence-corrected chi connectivity index (χ0v) is 11.8. The van der Waals surface area contributed by atoms with E-state index in [2.05, 4.69) is 18.7 Å². The first kappa shape index (κ1) is 15.2. The van der Waals surface area contributed by atoms with Crippen LogP contribution >= 0.6 is 0 Å². The maximum absolute atomic E-state index is 10.7. The Morgan fingerprint density at radius 1 is 1.33 bits per heavy atom. The SMILES string of the molecule is CCC(C)CN(C)CC(O)(CN)c1ccccc1. The maximum Gasteiger partial charge on any atom is 0.114 e. The number of aliphatic hydroxyl groups is 1. The Balaban J connectivity index is 2.71. The third kappa shape index (κ3) is 4.09. The van der Waals surface area contributed by atoms with Gasteiger partial charge in [-0.25, -0.2) is 0 Å².